The number of carbonyl (C=O) groups is 1. The third-order valence-corrected chi connectivity index (χ3v) is 4.92. The van der Waals surface area contributed by atoms with Crippen LogP contribution in [0.15, 0.2) is 24.7 Å². The van der Waals surface area contributed by atoms with E-state index in [9.17, 15) is 18.0 Å². The largest absolute Gasteiger partial charge is 0.481 e. The molecule has 3 aromatic heterocycles. The highest BCUT2D eigenvalue weighted by molar-refractivity contribution is 5.94. The summed E-state index contributed by atoms with van der Waals surface area (Å²) in [5, 5.41) is 4.07. The highest BCUT2D eigenvalue weighted by Crippen LogP contribution is 2.30. The molecule has 0 N–H and O–H groups in total. The molecule has 0 aromatic carbocycles. The zero-order chi connectivity index (χ0) is 20.5. The second-order valence-electron chi connectivity index (χ2n) is 6.68. The maximum Gasteiger partial charge on any atom is 0.280 e. The summed E-state index contributed by atoms with van der Waals surface area (Å²) in [6.07, 6.45) is 0.710. The van der Waals surface area contributed by atoms with E-state index in [1.54, 1.807) is 0 Å². The number of alkyl halides is 2. The van der Waals surface area contributed by atoms with Gasteiger partial charge in [0, 0.05) is 25.1 Å². The molecule has 11 heteroatoms. The Morgan fingerprint density at radius 2 is 2.14 bits per heavy atom. The van der Waals surface area contributed by atoms with Gasteiger partial charge in [-0.2, -0.15) is 10.1 Å². The van der Waals surface area contributed by atoms with Crippen LogP contribution in [0, 0.1) is 5.82 Å². The van der Waals surface area contributed by atoms with E-state index in [1.807, 2.05) is 0 Å². The van der Waals surface area contributed by atoms with Crippen LogP contribution in [-0.2, 0) is 0 Å². The SMILES string of the molecule is COc1cc(C(=O)N2CCC[C@H](c3cc(C(F)F)nc4ncnn34)C2)c(F)cn1. The Morgan fingerprint density at radius 1 is 1.31 bits per heavy atom. The van der Waals surface area contributed by atoms with Gasteiger partial charge in [0.15, 0.2) is 5.82 Å². The van der Waals surface area contributed by atoms with E-state index in [1.165, 1.54) is 35.0 Å². The lowest BCUT2D eigenvalue weighted by molar-refractivity contribution is 0.0699. The van der Waals surface area contributed by atoms with Crippen LogP contribution in [0.2, 0.25) is 0 Å². The first-order valence-electron chi connectivity index (χ1n) is 8.95. The predicted molar refractivity (Wildman–Crippen MR) is 94.4 cm³/mol. The fourth-order valence-electron chi connectivity index (χ4n) is 3.53. The number of methoxy groups -OCH3 is 1. The first-order chi connectivity index (χ1) is 14.0. The number of halogens is 3. The van der Waals surface area contributed by atoms with Gasteiger partial charge in [-0.1, -0.05) is 0 Å². The average molecular weight is 406 g/mol. The Morgan fingerprint density at radius 3 is 2.90 bits per heavy atom. The minimum Gasteiger partial charge on any atom is -0.481 e. The van der Waals surface area contributed by atoms with Crippen molar-refractivity contribution in [2.24, 2.45) is 0 Å². The van der Waals surface area contributed by atoms with Crippen molar-refractivity contribution in [3.63, 3.8) is 0 Å². The van der Waals surface area contributed by atoms with Gasteiger partial charge in [-0.25, -0.2) is 27.7 Å². The number of rotatable bonds is 4. The van der Waals surface area contributed by atoms with E-state index in [-0.39, 0.29) is 29.7 Å². The number of likely N-dealkylation sites (tertiary alicyclic amines) is 1. The molecule has 1 amide bonds. The predicted octanol–water partition coefficient (Wildman–Crippen LogP) is 2.62. The molecule has 1 fully saturated rings. The van der Waals surface area contributed by atoms with Crippen LogP contribution in [0.4, 0.5) is 13.2 Å². The summed E-state index contributed by atoms with van der Waals surface area (Å²) in [6, 6.07) is 2.54. The van der Waals surface area contributed by atoms with Gasteiger partial charge in [0.05, 0.1) is 24.6 Å². The fourth-order valence-corrected chi connectivity index (χ4v) is 3.53. The standard InChI is InChI=1S/C18H17F3N6O2/c1-29-15-5-11(12(19)7-22-15)17(28)26-4-2-3-10(8-26)14-6-13(16(20)21)25-18-23-9-24-27(14)18/h5-7,9-10,16H,2-4,8H2,1H3/t10-/m0/s1. The number of carbonyl (C=O) groups excluding carboxylic acids is 1. The maximum atomic E-state index is 14.2. The Bertz CT molecular complexity index is 1060. The number of nitrogens with zero attached hydrogens (tertiary/aromatic N) is 6. The van der Waals surface area contributed by atoms with E-state index in [0.717, 1.165) is 6.20 Å². The number of hydrogen-bond donors (Lipinski definition) is 0. The monoisotopic (exact) mass is 406 g/mol. The van der Waals surface area contributed by atoms with Crippen LogP contribution < -0.4 is 4.74 Å². The van der Waals surface area contributed by atoms with Crippen LogP contribution in [-0.4, -0.2) is 55.6 Å². The quantitative estimate of drug-likeness (QED) is 0.662. The molecule has 3 aromatic rings. The minimum absolute atomic E-state index is 0.0752. The number of piperidine rings is 1. The van der Waals surface area contributed by atoms with E-state index in [0.29, 0.717) is 25.1 Å². The molecular weight excluding hydrogens is 389 g/mol. The molecule has 0 radical (unpaired) electrons. The minimum atomic E-state index is -2.75. The molecule has 1 aliphatic rings. The maximum absolute atomic E-state index is 14.2. The molecule has 1 saturated heterocycles. The number of aromatic nitrogens is 5. The highest BCUT2D eigenvalue weighted by atomic mass is 19.3. The van der Waals surface area contributed by atoms with Crippen molar-refractivity contribution in [2.45, 2.75) is 25.2 Å². The Balaban J connectivity index is 1.65. The number of hydrogen-bond acceptors (Lipinski definition) is 6. The van der Waals surface area contributed by atoms with Crippen molar-refractivity contribution >= 4 is 11.7 Å². The van der Waals surface area contributed by atoms with E-state index >= 15 is 0 Å². The summed E-state index contributed by atoms with van der Waals surface area (Å²) in [7, 11) is 1.37. The lowest BCUT2D eigenvalue weighted by Gasteiger charge is -2.33. The zero-order valence-electron chi connectivity index (χ0n) is 15.4. The number of fused-ring (bicyclic) bond motifs is 1. The molecule has 1 aliphatic heterocycles. The summed E-state index contributed by atoms with van der Waals surface area (Å²) >= 11 is 0. The molecule has 0 spiro atoms. The molecule has 29 heavy (non-hydrogen) atoms. The number of ether oxygens (including phenoxy) is 1. The Hall–Kier alpha value is -3.24. The smallest absolute Gasteiger partial charge is 0.280 e. The summed E-state index contributed by atoms with van der Waals surface area (Å²) in [5.41, 5.74) is -0.0478. The molecule has 1 atom stereocenters. The van der Waals surface area contributed by atoms with E-state index in [4.69, 9.17) is 4.74 Å². The van der Waals surface area contributed by atoms with Crippen molar-refractivity contribution in [2.75, 3.05) is 20.2 Å². The average Bonchev–Trinajstić information content (AvgIpc) is 3.21. The second kappa shape index (κ2) is 7.64. The highest BCUT2D eigenvalue weighted by Gasteiger charge is 2.30. The lowest BCUT2D eigenvalue weighted by Crippen LogP contribution is -2.40. The molecular formula is C18H17F3N6O2. The Labute approximate surface area is 163 Å². The van der Waals surface area contributed by atoms with Gasteiger partial charge < -0.3 is 9.64 Å². The summed E-state index contributed by atoms with van der Waals surface area (Å²) in [5.74, 6) is -1.33. The van der Waals surface area contributed by atoms with Gasteiger partial charge in [0.1, 0.15) is 12.0 Å². The van der Waals surface area contributed by atoms with Crippen LogP contribution in [0.1, 0.15) is 46.9 Å². The van der Waals surface area contributed by atoms with Crippen LogP contribution >= 0.6 is 0 Å². The van der Waals surface area contributed by atoms with Crippen molar-refractivity contribution in [1.82, 2.24) is 29.5 Å². The van der Waals surface area contributed by atoms with Crippen molar-refractivity contribution in [1.29, 1.82) is 0 Å². The molecule has 152 valence electrons. The van der Waals surface area contributed by atoms with Crippen LogP contribution in [0.3, 0.4) is 0 Å². The molecule has 0 bridgehead atoms. The van der Waals surface area contributed by atoms with Crippen molar-refractivity contribution in [3.8, 4) is 5.88 Å². The molecule has 8 nitrogen and oxygen atoms in total. The summed E-state index contributed by atoms with van der Waals surface area (Å²) < 4.78 is 47.0. The normalized spacial score (nSPS) is 17.1. The second-order valence-corrected chi connectivity index (χ2v) is 6.68. The Kier molecular flexibility index (Phi) is 5.03. The third kappa shape index (κ3) is 3.59. The lowest BCUT2D eigenvalue weighted by atomic mass is 9.93. The van der Waals surface area contributed by atoms with Crippen molar-refractivity contribution in [3.05, 3.63) is 47.4 Å². The molecule has 0 saturated carbocycles. The van der Waals surface area contributed by atoms with Crippen LogP contribution in [0.5, 0.6) is 5.88 Å². The van der Waals surface area contributed by atoms with Gasteiger partial charge in [0.25, 0.3) is 18.1 Å². The van der Waals surface area contributed by atoms with Gasteiger partial charge in [-0.15, -0.1) is 0 Å². The van der Waals surface area contributed by atoms with E-state index < -0.39 is 23.8 Å². The first-order valence-corrected chi connectivity index (χ1v) is 8.95. The van der Waals surface area contributed by atoms with Crippen molar-refractivity contribution < 1.29 is 22.7 Å². The van der Waals surface area contributed by atoms with Gasteiger partial charge in [0.2, 0.25) is 5.88 Å². The fraction of sp³-hybridized carbons (Fsp3) is 0.389. The number of pyridine rings is 1. The third-order valence-electron chi connectivity index (χ3n) is 4.92. The molecule has 4 rings (SSSR count). The molecule has 0 unspecified atom stereocenters. The van der Waals surface area contributed by atoms with Crippen LogP contribution in [0.25, 0.3) is 5.78 Å². The first kappa shape index (κ1) is 19.1. The topological polar surface area (TPSA) is 85.5 Å². The summed E-state index contributed by atoms with van der Waals surface area (Å²) in [4.78, 5) is 25.8. The molecule has 0 aliphatic carbocycles. The zero-order valence-corrected chi connectivity index (χ0v) is 15.4. The molecule has 4 heterocycles. The van der Waals surface area contributed by atoms with Gasteiger partial charge >= 0.3 is 0 Å². The van der Waals surface area contributed by atoms with Gasteiger partial charge in [-0.3, -0.25) is 4.79 Å². The van der Waals surface area contributed by atoms with E-state index in [2.05, 4.69) is 20.1 Å². The van der Waals surface area contributed by atoms with Gasteiger partial charge in [-0.05, 0) is 18.9 Å². The number of amides is 1. The summed E-state index contributed by atoms with van der Waals surface area (Å²) in [6.45, 7) is 0.650.